The van der Waals surface area contributed by atoms with Crippen LogP contribution in [-0.2, 0) is 0 Å². The van der Waals surface area contributed by atoms with Crippen molar-refractivity contribution >= 4 is 11.5 Å². The fourth-order valence-corrected chi connectivity index (χ4v) is 1.62. The molecule has 0 saturated heterocycles. The number of hydrogen-bond acceptors (Lipinski definition) is 3. The maximum atomic E-state index is 11.4. The molecule has 0 aliphatic rings. The number of nitrogens with zero attached hydrogens (tertiary/aromatic N) is 2. The van der Waals surface area contributed by atoms with Crippen LogP contribution in [-0.4, -0.2) is 18.9 Å². The van der Waals surface area contributed by atoms with E-state index in [9.17, 15) is 4.79 Å². The predicted octanol–water partition coefficient (Wildman–Crippen LogP) is 2.63. The number of ketones is 1. The van der Waals surface area contributed by atoms with Crippen molar-refractivity contribution < 1.29 is 4.79 Å². The van der Waals surface area contributed by atoms with Crippen LogP contribution < -0.4 is 4.90 Å². The number of carbonyl (C=O) groups is 1. The summed E-state index contributed by atoms with van der Waals surface area (Å²) < 4.78 is 0. The normalized spacial score (nSPS) is 9.56. The summed E-state index contributed by atoms with van der Waals surface area (Å²) in [6.07, 6.45) is -0.0510. The number of Topliss-reactive ketones (excluding diaryl/α,β-unsaturated/α-hetero) is 1. The first-order chi connectivity index (χ1) is 7.72. The van der Waals surface area contributed by atoms with E-state index in [1.54, 1.807) is 12.1 Å². The average Bonchev–Trinajstić information content (AvgIpc) is 2.32. The third kappa shape index (κ3) is 2.83. The number of anilines is 1. The molecule has 16 heavy (non-hydrogen) atoms. The molecule has 0 fully saturated rings. The van der Waals surface area contributed by atoms with Gasteiger partial charge in [0.25, 0.3) is 0 Å². The summed E-state index contributed by atoms with van der Waals surface area (Å²) in [5.41, 5.74) is 1.72. The van der Waals surface area contributed by atoms with Crippen molar-refractivity contribution in [3.8, 4) is 6.07 Å². The smallest absolute Gasteiger partial charge is 0.176 e. The first-order valence-corrected chi connectivity index (χ1v) is 5.48. The van der Waals surface area contributed by atoms with Crippen LogP contribution in [0.4, 0.5) is 5.69 Å². The molecule has 3 heteroatoms. The topological polar surface area (TPSA) is 44.1 Å². The van der Waals surface area contributed by atoms with Crippen molar-refractivity contribution in [1.82, 2.24) is 0 Å². The van der Waals surface area contributed by atoms with E-state index in [1.807, 2.05) is 18.2 Å². The minimum Gasteiger partial charge on any atom is -0.372 e. The Hall–Kier alpha value is -1.82. The van der Waals surface area contributed by atoms with Crippen LogP contribution >= 0.6 is 0 Å². The van der Waals surface area contributed by atoms with E-state index >= 15 is 0 Å². The molecular weight excluding hydrogens is 200 g/mol. The van der Waals surface area contributed by atoms with Gasteiger partial charge in [0, 0.05) is 24.3 Å². The summed E-state index contributed by atoms with van der Waals surface area (Å²) >= 11 is 0. The first kappa shape index (κ1) is 12.3. The maximum absolute atomic E-state index is 11.4. The lowest BCUT2D eigenvalue weighted by molar-refractivity contribution is 0.0998. The Balaban J connectivity index is 2.83. The Labute approximate surface area is 96.3 Å². The minimum absolute atomic E-state index is 0.0510. The molecule has 1 aromatic rings. The van der Waals surface area contributed by atoms with Gasteiger partial charge in [-0.05, 0) is 38.1 Å². The zero-order valence-electron chi connectivity index (χ0n) is 9.73. The number of benzene rings is 1. The molecule has 0 aromatic heterocycles. The molecule has 0 atom stereocenters. The summed E-state index contributed by atoms with van der Waals surface area (Å²) in [6, 6.07) is 9.29. The standard InChI is InChI=1S/C13H16N2O/c1-3-15(4-2)12-7-5-11(6-8-12)13(16)9-10-14/h5-8H,3-4,9H2,1-2H3. The van der Waals surface area contributed by atoms with Crippen molar-refractivity contribution in [1.29, 1.82) is 5.26 Å². The van der Waals surface area contributed by atoms with Gasteiger partial charge in [0.15, 0.2) is 5.78 Å². The van der Waals surface area contributed by atoms with Gasteiger partial charge >= 0.3 is 0 Å². The lowest BCUT2D eigenvalue weighted by Gasteiger charge is -2.20. The molecule has 1 aromatic carbocycles. The number of rotatable bonds is 5. The summed E-state index contributed by atoms with van der Waals surface area (Å²) in [7, 11) is 0. The molecule has 0 saturated carbocycles. The van der Waals surface area contributed by atoms with E-state index in [4.69, 9.17) is 5.26 Å². The van der Waals surface area contributed by atoms with Crippen LogP contribution in [0.5, 0.6) is 0 Å². The molecule has 1 rings (SSSR count). The Morgan fingerprint density at radius 3 is 2.25 bits per heavy atom. The van der Waals surface area contributed by atoms with Gasteiger partial charge in [-0.2, -0.15) is 5.26 Å². The van der Waals surface area contributed by atoms with E-state index < -0.39 is 0 Å². The van der Waals surface area contributed by atoms with Gasteiger partial charge in [0.05, 0.1) is 12.5 Å². The lowest BCUT2D eigenvalue weighted by atomic mass is 10.1. The van der Waals surface area contributed by atoms with Crippen molar-refractivity contribution in [2.24, 2.45) is 0 Å². The third-order valence-electron chi connectivity index (χ3n) is 2.56. The van der Waals surface area contributed by atoms with E-state index in [0.29, 0.717) is 5.56 Å². The van der Waals surface area contributed by atoms with E-state index in [1.165, 1.54) is 0 Å². The highest BCUT2D eigenvalue weighted by molar-refractivity contribution is 5.97. The van der Waals surface area contributed by atoms with Gasteiger partial charge < -0.3 is 4.90 Å². The second-order valence-corrected chi connectivity index (χ2v) is 3.48. The first-order valence-electron chi connectivity index (χ1n) is 5.48. The summed E-state index contributed by atoms with van der Waals surface area (Å²) in [6.45, 7) is 6.08. The SMILES string of the molecule is CCN(CC)c1ccc(C(=O)CC#N)cc1. The maximum Gasteiger partial charge on any atom is 0.176 e. The molecule has 0 bridgehead atoms. The summed E-state index contributed by atoms with van der Waals surface area (Å²) in [5, 5.41) is 8.44. The zero-order valence-corrected chi connectivity index (χ0v) is 9.73. The van der Waals surface area contributed by atoms with Gasteiger partial charge in [0.2, 0.25) is 0 Å². The molecule has 0 heterocycles. The van der Waals surface area contributed by atoms with Gasteiger partial charge in [-0.3, -0.25) is 4.79 Å². The van der Waals surface area contributed by atoms with Crippen LogP contribution in [0.25, 0.3) is 0 Å². The molecule has 0 amide bonds. The second-order valence-electron chi connectivity index (χ2n) is 3.48. The molecule has 0 aliphatic heterocycles. The molecule has 84 valence electrons. The quantitative estimate of drug-likeness (QED) is 0.711. The van der Waals surface area contributed by atoms with Crippen molar-refractivity contribution in [2.45, 2.75) is 20.3 Å². The van der Waals surface area contributed by atoms with Crippen LogP contribution in [0.3, 0.4) is 0 Å². The molecule has 0 N–H and O–H groups in total. The second kappa shape index (κ2) is 5.92. The van der Waals surface area contributed by atoms with E-state index in [0.717, 1.165) is 18.8 Å². The monoisotopic (exact) mass is 216 g/mol. The molecule has 0 spiro atoms. The zero-order chi connectivity index (χ0) is 12.0. The summed E-state index contributed by atoms with van der Waals surface area (Å²) in [4.78, 5) is 13.6. The number of carbonyl (C=O) groups excluding carboxylic acids is 1. The Bertz CT molecular complexity index is 385. The van der Waals surface area contributed by atoms with Gasteiger partial charge in [0.1, 0.15) is 0 Å². The average molecular weight is 216 g/mol. The minimum atomic E-state index is -0.117. The van der Waals surface area contributed by atoms with Crippen LogP contribution in [0.15, 0.2) is 24.3 Å². The fraction of sp³-hybridized carbons (Fsp3) is 0.385. The largest absolute Gasteiger partial charge is 0.372 e. The molecule has 0 aliphatic carbocycles. The van der Waals surface area contributed by atoms with Crippen LogP contribution in [0.2, 0.25) is 0 Å². The fourth-order valence-electron chi connectivity index (χ4n) is 1.62. The predicted molar refractivity (Wildman–Crippen MR) is 64.6 cm³/mol. The highest BCUT2D eigenvalue weighted by Crippen LogP contribution is 2.15. The Morgan fingerprint density at radius 1 is 1.25 bits per heavy atom. The molecule has 0 unspecified atom stereocenters. The molecule has 3 nitrogen and oxygen atoms in total. The van der Waals surface area contributed by atoms with Crippen molar-refractivity contribution in [3.05, 3.63) is 29.8 Å². The Morgan fingerprint density at radius 2 is 1.81 bits per heavy atom. The van der Waals surface area contributed by atoms with Crippen LogP contribution in [0, 0.1) is 11.3 Å². The highest BCUT2D eigenvalue weighted by Gasteiger charge is 2.06. The number of nitriles is 1. The van der Waals surface area contributed by atoms with Gasteiger partial charge in [-0.25, -0.2) is 0 Å². The highest BCUT2D eigenvalue weighted by atomic mass is 16.1. The molecular formula is C13H16N2O. The van der Waals surface area contributed by atoms with E-state index in [-0.39, 0.29) is 12.2 Å². The number of hydrogen-bond donors (Lipinski definition) is 0. The van der Waals surface area contributed by atoms with Crippen molar-refractivity contribution in [3.63, 3.8) is 0 Å². The van der Waals surface area contributed by atoms with Crippen molar-refractivity contribution in [2.75, 3.05) is 18.0 Å². The van der Waals surface area contributed by atoms with E-state index in [2.05, 4.69) is 18.7 Å². The molecule has 0 radical (unpaired) electrons. The summed E-state index contributed by atoms with van der Waals surface area (Å²) in [5.74, 6) is -0.117. The van der Waals surface area contributed by atoms with Gasteiger partial charge in [-0.1, -0.05) is 0 Å². The van der Waals surface area contributed by atoms with Gasteiger partial charge in [-0.15, -0.1) is 0 Å². The Kier molecular flexibility index (Phi) is 4.53. The lowest BCUT2D eigenvalue weighted by Crippen LogP contribution is -2.21. The third-order valence-corrected chi connectivity index (χ3v) is 2.56. The van der Waals surface area contributed by atoms with Crippen LogP contribution in [0.1, 0.15) is 30.6 Å².